The standard InChI is InChI=1S/C14H15NO3.C2H6/c1-8-6-9(2)15(10(8)3)11-4-5-12(14(17)18)13(16)7-11;1-2/h4-7,16H,1-3H3,(H,17,18);1-2H3. The van der Waals surface area contributed by atoms with Crippen LogP contribution in [0.2, 0.25) is 0 Å². The molecule has 0 saturated carbocycles. The summed E-state index contributed by atoms with van der Waals surface area (Å²) in [6.45, 7) is 9.98. The van der Waals surface area contributed by atoms with Crippen LogP contribution in [-0.2, 0) is 0 Å². The van der Waals surface area contributed by atoms with Crippen LogP contribution in [0.5, 0.6) is 5.75 Å². The molecule has 0 aliphatic rings. The van der Waals surface area contributed by atoms with Gasteiger partial charge in [-0.1, -0.05) is 13.8 Å². The number of benzene rings is 1. The Morgan fingerprint density at radius 1 is 1.10 bits per heavy atom. The Hall–Kier alpha value is -2.23. The zero-order valence-corrected chi connectivity index (χ0v) is 12.6. The molecule has 2 rings (SSSR count). The van der Waals surface area contributed by atoms with Gasteiger partial charge in [0.05, 0.1) is 0 Å². The zero-order valence-electron chi connectivity index (χ0n) is 12.6. The first-order chi connectivity index (χ1) is 9.41. The molecule has 0 unspecified atom stereocenters. The van der Waals surface area contributed by atoms with Gasteiger partial charge < -0.3 is 14.8 Å². The lowest BCUT2D eigenvalue weighted by Gasteiger charge is -2.11. The number of nitrogens with zero attached hydrogens (tertiary/aromatic N) is 1. The minimum absolute atomic E-state index is 0.0852. The summed E-state index contributed by atoms with van der Waals surface area (Å²) < 4.78 is 1.99. The monoisotopic (exact) mass is 275 g/mol. The summed E-state index contributed by atoms with van der Waals surface area (Å²) >= 11 is 0. The maximum absolute atomic E-state index is 10.8. The quantitative estimate of drug-likeness (QED) is 0.875. The summed E-state index contributed by atoms with van der Waals surface area (Å²) in [5, 5.41) is 18.6. The van der Waals surface area contributed by atoms with Gasteiger partial charge in [0, 0.05) is 23.1 Å². The van der Waals surface area contributed by atoms with E-state index in [1.54, 1.807) is 6.07 Å². The van der Waals surface area contributed by atoms with Gasteiger partial charge in [-0.05, 0) is 44.5 Å². The Labute approximate surface area is 119 Å². The fourth-order valence-electron chi connectivity index (χ4n) is 2.16. The van der Waals surface area contributed by atoms with E-state index in [9.17, 15) is 9.90 Å². The van der Waals surface area contributed by atoms with Crippen molar-refractivity contribution in [3.05, 3.63) is 46.8 Å². The second-order valence-electron chi connectivity index (χ2n) is 4.40. The molecule has 20 heavy (non-hydrogen) atoms. The van der Waals surface area contributed by atoms with Gasteiger partial charge in [0.15, 0.2) is 0 Å². The molecule has 0 spiro atoms. The predicted octanol–water partition coefficient (Wildman–Crippen LogP) is 3.83. The molecule has 0 amide bonds. The maximum Gasteiger partial charge on any atom is 0.339 e. The van der Waals surface area contributed by atoms with Crippen molar-refractivity contribution in [2.75, 3.05) is 0 Å². The van der Waals surface area contributed by atoms with Crippen molar-refractivity contribution in [2.45, 2.75) is 34.6 Å². The van der Waals surface area contributed by atoms with E-state index >= 15 is 0 Å². The van der Waals surface area contributed by atoms with E-state index in [2.05, 4.69) is 6.07 Å². The number of carboxylic acids is 1. The number of aromatic nitrogens is 1. The topological polar surface area (TPSA) is 62.5 Å². The van der Waals surface area contributed by atoms with Gasteiger partial charge in [0.2, 0.25) is 0 Å². The number of aryl methyl sites for hydroxylation is 2. The van der Waals surface area contributed by atoms with Gasteiger partial charge >= 0.3 is 5.97 Å². The Kier molecular flexibility index (Phi) is 4.97. The van der Waals surface area contributed by atoms with Gasteiger partial charge in [0.1, 0.15) is 11.3 Å². The lowest BCUT2D eigenvalue weighted by molar-refractivity contribution is 0.0694. The third kappa shape index (κ3) is 2.85. The Balaban J connectivity index is 0.000000956. The van der Waals surface area contributed by atoms with E-state index in [1.807, 2.05) is 39.2 Å². The molecule has 0 fully saturated rings. The van der Waals surface area contributed by atoms with Crippen LogP contribution in [0.3, 0.4) is 0 Å². The van der Waals surface area contributed by atoms with Crippen LogP contribution < -0.4 is 0 Å². The van der Waals surface area contributed by atoms with Crippen molar-refractivity contribution in [3.63, 3.8) is 0 Å². The number of aromatic hydroxyl groups is 1. The van der Waals surface area contributed by atoms with E-state index in [-0.39, 0.29) is 11.3 Å². The van der Waals surface area contributed by atoms with Crippen LogP contribution in [0.25, 0.3) is 5.69 Å². The third-order valence-electron chi connectivity index (χ3n) is 3.15. The van der Waals surface area contributed by atoms with Crippen LogP contribution >= 0.6 is 0 Å². The molecular weight excluding hydrogens is 254 g/mol. The first-order valence-electron chi connectivity index (χ1n) is 6.64. The molecule has 0 radical (unpaired) electrons. The minimum atomic E-state index is -1.13. The molecule has 0 bridgehead atoms. The fourth-order valence-corrected chi connectivity index (χ4v) is 2.16. The van der Waals surface area contributed by atoms with Crippen molar-refractivity contribution in [2.24, 2.45) is 0 Å². The SMILES string of the molecule is CC.Cc1cc(C)n(-c2ccc(C(=O)O)c(O)c2)c1C. The molecule has 2 aromatic rings. The normalized spacial score (nSPS) is 9.85. The number of hydrogen-bond donors (Lipinski definition) is 2. The highest BCUT2D eigenvalue weighted by Gasteiger charge is 2.13. The highest BCUT2D eigenvalue weighted by atomic mass is 16.4. The van der Waals surface area contributed by atoms with Crippen LogP contribution in [0, 0.1) is 20.8 Å². The van der Waals surface area contributed by atoms with Gasteiger partial charge in [-0.25, -0.2) is 4.79 Å². The smallest absolute Gasteiger partial charge is 0.339 e. The molecule has 4 heteroatoms. The zero-order chi connectivity index (χ0) is 15.4. The van der Waals surface area contributed by atoms with E-state index in [0.29, 0.717) is 0 Å². The van der Waals surface area contributed by atoms with Gasteiger partial charge in [-0.2, -0.15) is 0 Å². The van der Waals surface area contributed by atoms with E-state index in [0.717, 1.165) is 22.6 Å². The first kappa shape index (κ1) is 15.8. The molecule has 2 N–H and O–H groups in total. The molecule has 0 saturated heterocycles. The minimum Gasteiger partial charge on any atom is -0.507 e. The molecule has 0 aliphatic carbocycles. The third-order valence-corrected chi connectivity index (χ3v) is 3.15. The first-order valence-corrected chi connectivity index (χ1v) is 6.64. The lowest BCUT2D eigenvalue weighted by Crippen LogP contribution is -2.02. The summed E-state index contributed by atoms with van der Waals surface area (Å²) in [5.41, 5.74) is 3.97. The highest BCUT2D eigenvalue weighted by Crippen LogP contribution is 2.25. The van der Waals surface area contributed by atoms with Gasteiger partial charge in [-0.3, -0.25) is 0 Å². The number of aromatic carboxylic acids is 1. The highest BCUT2D eigenvalue weighted by molar-refractivity contribution is 5.91. The summed E-state index contributed by atoms with van der Waals surface area (Å²) in [6.07, 6.45) is 0. The number of phenols is 1. The van der Waals surface area contributed by atoms with E-state index in [4.69, 9.17) is 5.11 Å². The Bertz CT molecular complexity index is 627. The Morgan fingerprint density at radius 3 is 2.10 bits per heavy atom. The van der Waals surface area contributed by atoms with Crippen molar-refractivity contribution < 1.29 is 15.0 Å². The number of hydrogen-bond acceptors (Lipinski definition) is 2. The van der Waals surface area contributed by atoms with Crippen LogP contribution in [0.4, 0.5) is 0 Å². The van der Waals surface area contributed by atoms with Gasteiger partial charge in [-0.15, -0.1) is 0 Å². The summed E-state index contributed by atoms with van der Waals surface area (Å²) in [6, 6.07) is 6.64. The number of carbonyl (C=O) groups is 1. The molecule has 1 aromatic heterocycles. The van der Waals surface area contributed by atoms with Crippen molar-refractivity contribution in [1.82, 2.24) is 4.57 Å². The van der Waals surface area contributed by atoms with Crippen molar-refractivity contribution in [1.29, 1.82) is 0 Å². The molecular formula is C16H21NO3. The molecule has 4 nitrogen and oxygen atoms in total. The van der Waals surface area contributed by atoms with Gasteiger partial charge in [0.25, 0.3) is 0 Å². The average molecular weight is 275 g/mol. The van der Waals surface area contributed by atoms with Crippen LogP contribution in [-0.4, -0.2) is 20.7 Å². The molecule has 1 heterocycles. The van der Waals surface area contributed by atoms with Crippen LogP contribution in [0.15, 0.2) is 24.3 Å². The fraction of sp³-hybridized carbons (Fsp3) is 0.312. The maximum atomic E-state index is 10.8. The molecule has 1 aromatic carbocycles. The van der Waals surface area contributed by atoms with Crippen LogP contribution in [0.1, 0.15) is 41.2 Å². The predicted molar refractivity (Wildman–Crippen MR) is 80.0 cm³/mol. The molecule has 0 atom stereocenters. The van der Waals surface area contributed by atoms with Crippen molar-refractivity contribution in [3.8, 4) is 11.4 Å². The van der Waals surface area contributed by atoms with E-state index in [1.165, 1.54) is 12.1 Å². The summed E-state index contributed by atoms with van der Waals surface area (Å²) in [4.78, 5) is 10.8. The number of rotatable bonds is 2. The summed E-state index contributed by atoms with van der Waals surface area (Å²) in [5.74, 6) is -1.35. The number of carboxylic acid groups (broad SMARTS) is 1. The van der Waals surface area contributed by atoms with Crippen molar-refractivity contribution >= 4 is 5.97 Å². The molecule has 108 valence electrons. The lowest BCUT2D eigenvalue weighted by atomic mass is 10.1. The second-order valence-corrected chi connectivity index (χ2v) is 4.40. The molecule has 0 aliphatic heterocycles. The largest absolute Gasteiger partial charge is 0.507 e. The second kappa shape index (κ2) is 6.28. The Morgan fingerprint density at radius 2 is 1.70 bits per heavy atom. The van der Waals surface area contributed by atoms with E-state index < -0.39 is 5.97 Å². The average Bonchev–Trinajstić information content (AvgIpc) is 2.65. The summed E-state index contributed by atoms with van der Waals surface area (Å²) in [7, 11) is 0.